The number of aromatic nitrogens is 1. The maximum absolute atomic E-state index is 12.7. The molecule has 164 valence electrons. The Morgan fingerprint density at radius 2 is 1.84 bits per heavy atom. The van der Waals surface area contributed by atoms with E-state index in [0.29, 0.717) is 34.3 Å². The van der Waals surface area contributed by atoms with Gasteiger partial charge in [0.2, 0.25) is 15.9 Å². The van der Waals surface area contributed by atoms with Crippen LogP contribution in [0.4, 0.5) is 5.69 Å². The molecule has 1 aliphatic rings. The first-order chi connectivity index (χ1) is 14.8. The fourth-order valence-corrected chi connectivity index (χ4v) is 5.39. The summed E-state index contributed by atoms with van der Waals surface area (Å²) in [5, 5.41) is 3.43. The molecule has 0 aliphatic carbocycles. The highest BCUT2D eigenvalue weighted by Crippen LogP contribution is 2.26. The molecule has 1 saturated heterocycles. The molecular weight excluding hydrogens is 465 g/mol. The number of oxazole rings is 1. The van der Waals surface area contributed by atoms with Gasteiger partial charge in [-0.1, -0.05) is 23.2 Å². The topological polar surface area (TPSA) is 102 Å². The molecule has 0 spiro atoms. The van der Waals surface area contributed by atoms with Crippen molar-refractivity contribution >= 4 is 55.9 Å². The number of carbonyl (C=O) groups is 1. The number of hydrogen-bond donors (Lipinski definition) is 1. The summed E-state index contributed by atoms with van der Waals surface area (Å²) in [6, 6.07) is 9.04. The van der Waals surface area contributed by atoms with Gasteiger partial charge in [0.15, 0.2) is 5.58 Å². The molecule has 0 atom stereocenters. The zero-order valence-corrected chi connectivity index (χ0v) is 18.6. The van der Waals surface area contributed by atoms with Crippen molar-refractivity contribution in [3.05, 3.63) is 57.0 Å². The van der Waals surface area contributed by atoms with E-state index in [1.54, 1.807) is 12.1 Å². The number of sulfonamides is 1. The second-order valence-electron chi connectivity index (χ2n) is 7.18. The lowest BCUT2D eigenvalue weighted by Crippen LogP contribution is -2.27. The summed E-state index contributed by atoms with van der Waals surface area (Å²) in [6.07, 6.45) is 1.63. The van der Waals surface area contributed by atoms with Crippen molar-refractivity contribution in [1.82, 2.24) is 8.87 Å². The maximum Gasteiger partial charge on any atom is 0.419 e. The molecule has 8 nitrogen and oxygen atoms in total. The Morgan fingerprint density at radius 1 is 1.10 bits per heavy atom. The molecule has 1 fully saturated rings. The summed E-state index contributed by atoms with van der Waals surface area (Å²) in [5.74, 6) is -1.03. The Bertz CT molecular complexity index is 1310. The molecule has 0 unspecified atom stereocenters. The van der Waals surface area contributed by atoms with E-state index in [0.717, 1.165) is 12.8 Å². The van der Waals surface area contributed by atoms with Crippen LogP contribution in [0, 0.1) is 0 Å². The first kappa shape index (κ1) is 21.9. The van der Waals surface area contributed by atoms with Crippen LogP contribution in [-0.2, 0) is 21.4 Å². The Morgan fingerprint density at radius 3 is 2.58 bits per heavy atom. The predicted molar refractivity (Wildman–Crippen MR) is 118 cm³/mol. The molecule has 0 radical (unpaired) electrons. The number of fused-ring (bicyclic) bond motifs is 1. The lowest BCUT2D eigenvalue weighted by Gasteiger charge is -2.15. The van der Waals surface area contributed by atoms with Crippen LogP contribution in [0.25, 0.3) is 11.1 Å². The van der Waals surface area contributed by atoms with Gasteiger partial charge >= 0.3 is 5.76 Å². The Hall–Kier alpha value is -2.33. The van der Waals surface area contributed by atoms with Crippen LogP contribution in [0.3, 0.4) is 0 Å². The smallest absolute Gasteiger partial charge is 0.408 e. The number of aryl methyl sites for hydroxylation is 1. The number of benzene rings is 2. The van der Waals surface area contributed by atoms with E-state index in [1.165, 1.54) is 33.1 Å². The third kappa shape index (κ3) is 4.50. The highest BCUT2D eigenvalue weighted by Gasteiger charge is 2.28. The number of halogens is 2. The van der Waals surface area contributed by atoms with Gasteiger partial charge in [-0.15, -0.1) is 0 Å². The number of anilines is 1. The van der Waals surface area contributed by atoms with Gasteiger partial charge in [-0.05, 0) is 43.2 Å². The number of hydrogen-bond acceptors (Lipinski definition) is 5. The average Bonchev–Trinajstić information content (AvgIpc) is 3.37. The molecule has 1 N–H and O–H groups in total. The van der Waals surface area contributed by atoms with Gasteiger partial charge in [-0.2, -0.15) is 4.31 Å². The first-order valence-electron chi connectivity index (χ1n) is 9.64. The first-order valence-corrected chi connectivity index (χ1v) is 11.8. The van der Waals surface area contributed by atoms with E-state index in [1.807, 2.05) is 0 Å². The van der Waals surface area contributed by atoms with Crippen molar-refractivity contribution in [3.8, 4) is 0 Å². The zero-order valence-electron chi connectivity index (χ0n) is 16.3. The zero-order chi connectivity index (χ0) is 22.2. The fourth-order valence-electron chi connectivity index (χ4n) is 3.52. The monoisotopic (exact) mass is 483 g/mol. The summed E-state index contributed by atoms with van der Waals surface area (Å²) in [4.78, 5) is 24.7. The minimum atomic E-state index is -3.63. The van der Waals surface area contributed by atoms with Gasteiger partial charge in [-0.25, -0.2) is 13.2 Å². The third-order valence-corrected chi connectivity index (χ3v) is 7.57. The SMILES string of the molecule is O=C(CCn1c(=O)oc2cc(S(=O)(=O)N3CCCC3)ccc21)Nc1cc(Cl)ccc1Cl. The van der Waals surface area contributed by atoms with Gasteiger partial charge in [-0.3, -0.25) is 9.36 Å². The van der Waals surface area contributed by atoms with E-state index in [4.69, 9.17) is 27.6 Å². The lowest BCUT2D eigenvalue weighted by molar-refractivity contribution is -0.116. The van der Waals surface area contributed by atoms with E-state index in [-0.39, 0.29) is 29.4 Å². The third-order valence-electron chi connectivity index (χ3n) is 5.11. The van der Waals surface area contributed by atoms with Crippen molar-refractivity contribution in [3.63, 3.8) is 0 Å². The van der Waals surface area contributed by atoms with Crippen LogP contribution in [0.2, 0.25) is 10.0 Å². The Kier molecular flexibility index (Phi) is 6.11. The predicted octanol–water partition coefficient (Wildman–Crippen LogP) is 3.71. The van der Waals surface area contributed by atoms with Crippen LogP contribution in [-0.4, -0.2) is 36.3 Å². The highest BCUT2D eigenvalue weighted by molar-refractivity contribution is 7.89. The number of nitrogens with one attached hydrogen (secondary N) is 1. The summed E-state index contributed by atoms with van der Waals surface area (Å²) < 4.78 is 33.4. The second kappa shape index (κ2) is 8.66. The normalized spacial score (nSPS) is 14.9. The van der Waals surface area contributed by atoms with Crippen molar-refractivity contribution < 1.29 is 17.6 Å². The van der Waals surface area contributed by atoms with E-state index < -0.39 is 15.8 Å². The van der Waals surface area contributed by atoms with Crippen LogP contribution in [0.5, 0.6) is 0 Å². The van der Waals surface area contributed by atoms with E-state index in [9.17, 15) is 18.0 Å². The largest absolute Gasteiger partial charge is 0.419 e. The summed E-state index contributed by atoms with van der Waals surface area (Å²) in [6.45, 7) is 1.02. The summed E-state index contributed by atoms with van der Waals surface area (Å²) in [7, 11) is -3.63. The quantitative estimate of drug-likeness (QED) is 0.575. The van der Waals surface area contributed by atoms with Crippen molar-refractivity contribution in [2.75, 3.05) is 18.4 Å². The van der Waals surface area contributed by atoms with Gasteiger partial charge < -0.3 is 9.73 Å². The fraction of sp³-hybridized carbons (Fsp3) is 0.300. The average molecular weight is 484 g/mol. The molecule has 3 aromatic rings. The molecule has 0 saturated carbocycles. The summed E-state index contributed by atoms with van der Waals surface area (Å²) >= 11 is 12.0. The van der Waals surface area contributed by atoms with Crippen molar-refractivity contribution in [2.24, 2.45) is 0 Å². The van der Waals surface area contributed by atoms with Gasteiger partial charge in [0, 0.05) is 37.1 Å². The van der Waals surface area contributed by atoms with Crippen LogP contribution in [0.15, 0.2) is 50.5 Å². The van der Waals surface area contributed by atoms with Gasteiger partial charge in [0.25, 0.3) is 0 Å². The minimum Gasteiger partial charge on any atom is -0.408 e. The minimum absolute atomic E-state index is 0.0226. The molecule has 2 aromatic carbocycles. The molecule has 31 heavy (non-hydrogen) atoms. The van der Waals surface area contributed by atoms with Gasteiger partial charge in [0.05, 0.1) is 21.1 Å². The van der Waals surface area contributed by atoms with Crippen molar-refractivity contribution in [2.45, 2.75) is 30.7 Å². The number of amides is 1. The molecule has 1 amide bonds. The van der Waals surface area contributed by atoms with Crippen LogP contribution < -0.4 is 11.1 Å². The van der Waals surface area contributed by atoms with E-state index >= 15 is 0 Å². The van der Waals surface area contributed by atoms with Crippen LogP contribution >= 0.6 is 23.2 Å². The molecule has 1 aromatic heterocycles. The van der Waals surface area contributed by atoms with E-state index in [2.05, 4.69) is 5.32 Å². The number of carbonyl (C=O) groups excluding carboxylic acids is 1. The second-order valence-corrected chi connectivity index (χ2v) is 9.96. The van der Waals surface area contributed by atoms with Crippen molar-refractivity contribution in [1.29, 1.82) is 0 Å². The number of nitrogens with zero attached hydrogens (tertiary/aromatic N) is 2. The molecule has 1 aliphatic heterocycles. The lowest BCUT2D eigenvalue weighted by atomic mass is 10.3. The maximum atomic E-state index is 12.7. The number of rotatable bonds is 6. The molecule has 11 heteroatoms. The Labute approximate surface area is 188 Å². The van der Waals surface area contributed by atoms with Crippen LogP contribution in [0.1, 0.15) is 19.3 Å². The summed E-state index contributed by atoms with van der Waals surface area (Å²) in [5.41, 5.74) is 0.947. The molecular formula is C20H19Cl2N3O5S. The standard InChI is InChI=1S/C20H19Cl2N3O5S/c21-13-3-5-15(22)16(11-13)23-19(26)7-10-25-17-6-4-14(12-18(17)30-20(25)27)31(28,29)24-8-1-2-9-24/h3-6,11-12H,1-2,7-10H2,(H,23,26). The molecule has 2 heterocycles. The highest BCUT2D eigenvalue weighted by atomic mass is 35.5. The molecule has 4 rings (SSSR count). The Balaban J connectivity index is 1.52. The molecule has 0 bridgehead atoms. The van der Waals surface area contributed by atoms with Gasteiger partial charge in [0.1, 0.15) is 0 Å².